The number of alkyl halides is 5. The van der Waals surface area contributed by atoms with Gasteiger partial charge >= 0.3 is 12.1 Å². The van der Waals surface area contributed by atoms with Gasteiger partial charge in [-0.2, -0.15) is 17.6 Å². The molecule has 0 bridgehead atoms. The topological polar surface area (TPSA) is 142 Å². The van der Waals surface area contributed by atoms with Crippen molar-refractivity contribution in [2.45, 2.75) is 76.7 Å². The number of carbonyl (C=O) groups is 4. The SMILES string of the molecule is CC(C)(C)[C@H](NC(=O)C(F)(F)F)C(=O)N1C[C@@H]2CC(F)(F)C[C@@H]2[C@@H]1C(=O)N[C@@H](/C=C(\F)S(C)(=O)=O)C[C@@H]1CCNC1=O. The molecule has 1 aliphatic carbocycles. The lowest BCUT2D eigenvalue weighted by molar-refractivity contribution is -0.176. The average Bonchev–Trinajstić information content (AvgIpc) is 3.45. The molecule has 2 saturated heterocycles. The van der Waals surface area contributed by atoms with Crippen LogP contribution < -0.4 is 16.0 Å². The summed E-state index contributed by atoms with van der Waals surface area (Å²) in [5.41, 5.74) is -1.31. The third-order valence-corrected chi connectivity index (χ3v) is 8.63. The van der Waals surface area contributed by atoms with Crippen LogP contribution in [0.4, 0.5) is 26.3 Å². The highest BCUT2D eigenvalue weighted by atomic mass is 32.2. The van der Waals surface area contributed by atoms with E-state index in [1.54, 1.807) is 5.32 Å². The van der Waals surface area contributed by atoms with Crippen molar-refractivity contribution in [3.63, 3.8) is 0 Å². The molecule has 0 radical (unpaired) electrons. The first-order chi connectivity index (χ1) is 19.0. The van der Waals surface area contributed by atoms with Crippen LogP contribution in [0.1, 0.15) is 46.5 Å². The largest absolute Gasteiger partial charge is 0.471 e. The van der Waals surface area contributed by atoms with E-state index in [0.29, 0.717) is 12.3 Å². The summed E-state index contributed by atoms with van der Waals surface area (Å²) in [7, 11) is -4.36. The Labute approximate surface area is 238 Å². The number of hydrogen-bond donors (Lipinski definition) is 3. The molecule has 238 valence electrons. The Hall–Kier alpha value is -2.85. The van der Waals surface area contributed by atoms with Gasteiger partial charge in [-0.3, -0.25) is 19.2 Å². The number of nitrogens with zero attached hydrogens (tertiary/aromatic N) is 1. The van der Waals surface area contributed by atoms with E-state index < -0.39 is 111 Å². The highest BCUT2D eigenvalue weighted by molar-refractivity contribution is 7.94. The molecule has 2 aliphatic heterocycles. The van der Waals surface area contributed by atoms with E-state index in [0.717, 1.165) is 4.90 Å². The standard InChI is InChI=1S/C25H34F6N4O6S/c1-23(2,3)18(34-22(39)25(29,30)31)21(38)35-11-13-9-24(27,28)10-15(13)17(35)20(37)33-14(8-16(26)42(4,40)41)7-12-5-6-32-19(12)36/h8,12-15,17-18H,5-7,9-11H2,1-4H3,(H,32,36)(H,33,37)(H,34,39)/b16-8+/t12-,13-,14+,15-,17+,18+/m0/s1. The summed E-state index contributed by atoms with van der Waals surface area (Å²) in [5, 5.41) is 4.95. The fraction of sp³-hybridized carbons (Fsp3) is 0.760. The Bertz CT molecular complexity index is 1250. The minimum Gasteiger partial charge on any atom is -0.356 e. The molecule has 42 heavy (non-hydrogen) atoms. The molecule has 3 N–H and O–H groups in total. The second-order valence-corrected chi connectivity index (χ2v) is 14.2. The normalized spacial score (nSPS) is 27.7. The third kappa shape index (κ3) is 7.75. The number of amides is 4. The molecule has 4 amide bonds. The average molecular weight is 633 g/mol. The van der Waals surface area contributed by atoms with Gasteiger partial charge in [-0.05, 0) is 36.2 Å². The number of rotatable bonds is 8. The fourth-order valence-electron chi connectivity index (χ4n) is 5.78. The van der Waals surface area contributed by atoms with E-state index in [2.05, 4.69) is 10.6 Å². The minimum absolute atomic E-state index is 0.252. The molecule has 1 saturated carbocycles. The zero-order chi connectivity index (χ0) is 32.0. The first-order valence-electron chi connectivity index (χ1n) is 13.2. The molecule has 3 aliphatic rings. The summed E-state index contributed by atoms with van der Waals surface area (Å²) in [5.74, 6) is -11.0. The first kappa shape index (κ1) is 33.6. The van der Waals surface area contributed by atoms with Crippen LogP contribution in [0.15, 0.2) is 11.2 Å². The minimum atomic E-state index is -5.33. The number of nitrogens with one attached hydrogen (secondary N) is 3. The Morgan fingerprint density at radius 3 is 2.26 bits per heavy atom. The van der Waals surface area contributed by atoms with Crippen molar-refractivity contribution in [1.29, 1.82) is 0 Å². The maximum absolute atomic E-state index is 14.5. The molecular weight excluding hydrogens is 598 g/mol. The highest BCUT2D eigenvalue weighted by Crippen LogP contribution is 2.50. The molecule has 0 aromatic rings. The van der Waals surface area contributed by atoms with Crippen LogP contribution in [-0.4, -0.2) is 86.5 Å². The van der Waals surface area contributed by atoms with Crippen LogP contribution in [0.25, 0.3) is 0 Å². The summed E-state index contributed by atoms with van der Waals surface area (Å²) in [4.78, 5) is 52.0. The number of halogens is 6. The molecule has 0 aromatic carbocycles. The lowest BCUT2D eigenvalue weighted by Crippen LogP contribution is -2.60. The quantitative estimate of drug-likeness (QED) is 0.349. The summed E-state index contributed by atoms with van der Waals surface area (Å²) in [6, 6.07) is -4.87. The van der Waals surface area contributed by atoms with E-state index in [9.17, 15) is 53.9 Å². The lowest BCUT2D eigenvalue weighted by Gasteiger charge is -2.37. The Kier molecular flexibility index (Phi) is 9.36. The Morgan fingerprint density at radius 1 is 1.14 bits per heavy atom. The second kappa shape index (κ2) is 11.7. The van der Waals surface area contributed by atoms with Crippen molar-refractivity contribution < 1.29 is 53.9 Å². The van der Waals surface area contributed by atoms with Gasteiger partial charge in [0.25, 0.3) is 0 Å². The predicted molar refractivity (Wildman–Crippen MR) is 136 cm³/mol. The van der Waals surface area contributed by atoms with Gasteiger partial charge in [0.05, 0.1) is 6.04 Å². The van der Waals surface area contributed by atoms with Crippen molar-refractivity contribution >= 4 is 33.5 Å². The second-order valence-electron chi connectivity index (χ2n) is 12.3. The fourth-order valence-corrected chi connectivity index (χ4v) is 6.19. The molecule has 6 atom stereocenters. The summed E-state index contributed by atoms with van der Waals surface area (Å²) >= 11 is 0. The highest BCUT2D eigenvalue weighted by Gasteiger charge is 2.59. The van der Waals surface area contributed by atoms with Crippen LogP contribution >= 0.6 is 0 Å². The van der Waals surface area contributed by atoms with Gasteiger partial charge in [0.2, 0.25) is 38.6 Å². The number of sulfone groups is 1. The smallest absolute Gasteiger partial charge is 0.356 e. The van der Waals surface area contributed by atoms with Gasteiger partial charge in [0, 0.05) is 38.1 Å². The predicted octanol–water partition coefficient (Wildman–Crippen LogP) is 1.82. The van der Waals surface area contributed by atoms with Gasteiger partial charge in [-0.15, -0.1) is 0 Å². The zero-order valence-corrected chi connectivity index (χ0v) is 24.2. The van der Waals surface area contributed by atoms with Gasteiger partial charge in [0.1, 0.15) is 12.1 Å². The molecule has 0 aromatic heterocycles. The Balaban J connectivity index is 1.97. The number of carbonyl (C=O) groups excluding carboxylic acids is 4. The monoisotopic (exact) mass is 632 g/mol. The van der Waals surface area contributed by atoms with Crippen molar-refractivity contribution in [3.8, 4) is 0 Å². The van der Waals surface area contributed by atoms with Crippen LogP contribution in [0, 0.1) is 23.2 Å². The van der Waals surface area contributed by atoms with Crippen LogP contribution in [0.2, 0.25) is 0 Å². The summed E-state index contributed by atoms with van der Waals surface area (Å²) in [6.07, 6.45) is -5.67. The van der Waals surface area contributed by atoms with Crippen molar-refractivity contribution in [2.24, 2.45) is 23.2 Å². The van der Waals surface area contributed by atoms with E-state index in [-0.39, 0.29) is 19.4 Å². The molecular formula is C25H34F6N4O6S. The van der Waals surface area contributed by atoms with E-state index in [1.165, 1.54) is 20.8 Å². The van der Waals surface area contributed by atoms with Crippen molar-refractivity contribution in [1.82, 2.24) is 20.9 Å². The number of likely N-dealkylation sites (tertiary alicyclic amines) is 1. The van der Waals surface area contributed by atoms with Gasteiger partial charge in [0.15, 0.2) is 0 Å². The van der Waals surface area contributed by atoms with Crippen LogP contribution in [-0.2, 0) is 29.0 Å². The molecule has 0 spiro atoms. The van der Waals surface area contributed by atoms with Gasteiger partial charge in [-0.25, -0.2) is 17.2 Å². The summed E-state index contributed by atoms with van der Waals surface area (Å²) < 4.78 is 106. The molecule has 0 unspecified atom stereocenters. The number of hydrogen-bond acceptors (Lipinski definition) is 6. The lowest BCUT2D eigenvalue weighted by atomic mass is 9.85. The van der Waals surface area contributed by atoms with Crippen LogP contribution in [0.3, 0.4) is 0 Å². The van der Waals surface area contributed by atoms with E-state index in [4.69, 9.17) is 0 Å². The molecule has 2 heterocycles. The van der Waals surface area contributed by atoms with E-state index in [1.807, 2.05) is 0 Å². The molecule has 10 nitrogen and oxygen atoms in total. The maximum atomic E-state index is 14.5. The zero-order valence-electron chi connectivity index (χ0n) is 23.4. The van der Waals surface area contributed by atoms with Crippen LogP contribution in [0.5, 0.6) is 0 Å². The van der Waals surface area contributed by atoms with Gasteiger partial charge < -0.3 is 20.9 Å². The molecule has 3 fully saturated rings. The van der Waals surface area contributed by atoms with Gasteiger partial charge in [-0.1, -0.05) is 20.8 Å². The maximum Gasteiger partial charge on any atom is 0.471 e. The van der Waals surface area contributed by atoms with Crippen molar-refractivity contribution in [3.05, 3.63) is 11.2 Å². The Morgan fingerprint density at radius 2 is 1.76 bits per heavy atom. The van der Waals surface area contributed by atoms with E-state index >= 15 is 0 Å². The molecule has 17 heteroatoms. The number of fused-ring (bicyclic) bond motifs is 1. The molecule has 3 rings (SSSR count). The first-order valence-corrected chi connectivity index (χ1v) is 15.1. The van der Waals surface area contributed by atoms with Crippen molar-refractivity contribution in [2.75, 3.05) is 19.3 Å². The third-order valence-electron chi connectivity index (χ3n) is 7.79. The summed E-state index contributed by atoms with van der Waals surface area (Å²) in [6.45, 7) is 3.97.